The first kappa shape index (κ1) is 13.9. The second-order valence-corrected chi connectivity index (χ2v) is 5.58. The molecule has 1 aliphatic rings. The largest absolute Gasteiger partial charge is 0.398 e. The molecule has 0 atom stereocenters. The Bertz CT molecular complexity index is 460. The molecule has 1 aromatic rings. The van der Waals surface area contributed by atoms with Crippen molar-refractivity contribution in [3.63, 3.8) is 0 Å². The monoisotopic (exact) mass is 260 g/mol. The van der Waals surface area contributed by atoms with E-state index in [1.807, 2.05) is 30.9 Å². The number of rotatable bonds is 1. The highest BCUT2D eigenvalue weighted by Crippen LogP contribution is 2.21. The third-order valence-corrected chi connectivity index (χ3v) is 3.99. The van der Waals surface area contributed by atoms with Crippen LogP contribution in [0, 0.1) is 13.8 Å². The molecule has 1 aromatic carbocycles. The van der Waals surface area contributed by atoms with E-state index in [9.17, 15) is 4.79 Å². The maximum Gasteiger partial charge on any atom is 0.254 e. The molecule has 0 unspecified atom stereocenters. The van der Waals surface area contributed by atoms with E-state index < -0.39 is 0 Å². The molecule has 1 fully saturated rings. The van der Waals surface area contributed by atoms with Crippen molar-refractivity contribution in [2.75, 3.05) is 18.8 Å². The Hall–Kier alpha value is -1.51. The summed E-state index contributed by atoms with van der Waals surface area (Å²) in [7, 11) is 0. The standard InChI is InChI=1S/C16H24N2O/c1-12-10-13(2)15(17)11-14(12)16(19)18-8-6-4-3-5-7-9-18/h10-11H,3-9,17H2,1-2H3. The molecule has 104 valence electrons. The van der Waals surface area contributed by atoms with Gasteiger partial charge in [0.25, 0.3) is 5.91 Å². The number of likely N-dealkylation sites (tertiary alicyclic amines) is 1. The van der Waals surface area contributed by atoms with E-state index in [2.05, 4.69) is 0 Å². The van der Waals surface area contributed by atoms with Gasteiger partial charge in [0.15, 0.2) is 0 Å². The zero-order valence-corrected chi connectivity index (χ0v) is 12.0. The summed E-state index contributed by atoms with van der Waals surface area (Å²) in [6.45, 7) is 5.73. The number of benzene rings is 1. The molecular weight excluding hydrogens is 236 g/mol. The van der Waals surface area contributed by atoms with Crippen LogP contribution < -0.4 is 5.73 Å². The SMILES string of the molecule is Cc1cc(C)c(C(=O)N2CCCCCCC2)cc1N. The molecule has 0 aromatic heterocycles. The van der Waals surface area contributed by atoms with Crippen molar-refractivity contribution in [1.29, 1.82) is 0 Å². The van der Waals surface area contributed by atoms with Crippen molar-refractivity contribution in [3.05, 3.63) is 28.8 Å². The third kappa shape index (κ3) is 3.28. The van der Waals surface area contributed by atoms with E-state index in [4.69, 9.17) is 5.73 Å². The van der Waals surface area contributed by atoms with E-state index in [-0.39, 0.29) is 5.91 Å². The topological polar surface area (TPSA) is 46.3 Å². The van der Waals surface area contributed by atoms with Crippen molar-refractivity contribution >= 4 is 11.6 Å². The summed E-state index contributed by atoms with van der Waals surface area (Å²) in [6.07, 6.45) is 6.01. The van der Waals surface area contributed by atoms with E-state index in [1.165, 1.54) is 19.3 Å². The Balaban J connectivity index is 2.20. The van der Waals surface area contributed by atoms with Crippen LogP contribution in [0.5, 0.6) is 0 Å². The Morgan fingerprint density at radius 3 is 2.21 bits per heavy atom. The Morgan fingerprint density at radius 1 is 1.00 bits per heavy atom. The van der Waals surface area contributed by atoms with Crippen molar-refractivity contribution in [1.82, 2.24) is 4.90 Å². The summed E-state index contributed by atoms with van der Waals surface area (Å²) in [5.74, 6) is 0.145. The summed E-state index contributed by atoms with van der Waals surface area (Å²) in [6, 6.07) is 3.85. The fourth-order valence-electron chi connectivity index (χ4n) is 2.72. The lowest BCUT2D eigenvalue weighted by Gasteiger charge is -2.25. The fourth-order valence-corrected chi connectivity index (χ4v) is 2.72. The van der Waals surface area contributed by atoms with Gasteiger partial charge in [-0.2, -0.15) is 0 Å². The highest BCUT2D eigenvalue weighted by Gasteiger charge is 2.19. The van der Waals surface area contributed by atoms with Crippen LogP contribution in [0.2, 0.25) is 0 Å². The molecule has 3 nitrogen and oxygen atoms in total. The third-order valence-electron chi connectivity index (χ3n) is 3.99. The molecule has 0 bridgehead atoms. The number of hydrogen-bond donors (Lipinski definition) is 1. The molecular formula is C16H24N2O. The quantitative estimate of drug-likeness (QED) is 0.788. The minimum absolute atomic E-state index is 0.145. The van der Waals surface area contributed by atoms with Crippen LogP contribution in [0.1, 0.15) is 53.6 Å². The molecule has 0 saturated carbocycles. The number of amides is 1. The van der Waals surface area contributed by atoms with Crippen molar-refractivity contribution in [2.24, 2.45) is 0 Å². The smallest absolute Gasteiger partial charge is 0.254 e. The van der Waals surface area contributed by atoms with Crippen LogP contribution in [0.3, 0.4) is 0 Å². The molecule has 1 aliphatic heterocycles. The predicted molar refractivity (Wildman–Crippen MR) is 79.3 cm³/mol. The molecule has 1 heterocycles. The van der Waals surface area contributed by atoms with Gasteiger partial charge in [0.05, 0.1) is 0 Å². The van der Waals surface area contributed by atoms with Crippen LogP contribution >= 0.6 is 0 Å². The highest BCUT2D eigenvalue weighted by atomic mass is 16.2. The minimum atomic E-state index is 0.145. The number of nitrogens with zero attached hydrogens (tertiary/aromatic N) is 1. The number of hydrogen-bond acceptors (Lipinski definition) is 2. The van der Waals surface area contributed by atoms with Gasteiger partial charge in [-0.15, -0.1) is 0 Å². The van der Waals surface area contributed by atoms with Gasteiger partial charge in [0.1, 0.15) is 0 Å². The Labute approximate surface area is 115 Å². The lowest BCUT2D eigenvalue weighted by atomic mass is 10.0. The average Bonchev–Trinajstić information content (AvgIpc) is 2.32. The first-order valence-electron chi connectivity index (χ1n) is 7.25. The molecule has 1 saturated heterocycles. The first-order chi connectivity index (χ1) is 9.09. The molecule has 2 rings (SSSR count). The van der Waals surface area contributed by atoms with Crippen molar-refractivity contribution in [2.45, 2.75) is 46.0 Å². The summed E-state index contributed by atoms with van der Waals surface area (Å²) in [4.78, 5) is 14.6. The number of nitrogen functional groups attached to an aromatic ring is 1. The zero-order valence-electron chi connectivity index (χ0n) is 12.0. The lowest BCUT2D eigenvalue weighted by Crippen LogP contribution is -2.34. The van der Waals surface area contributed by atoms with Crippen molar-refractivity contribution < 1.29 is 4.79 Å². The molecule has 0 aliphatic carbocycles. The maximum absolute atomic E-state index is 12.6. The van der Waals surface area contributed by atoms with Gasteiger partial charge in [-0.05, 0) is 43.9 Å². The minimum Gasteiger partial charge on any atom is -0.398 e. The van der Waals surface area contributed by atoms with Gasteiger partial charge in [-0.3, -0.25) is 4.79 Å². The summed E-state index contributed by atoms with van der Waals surface area (Å²) in [5.41, 5.74) is 9.49. The van der Waals surface area contributed by atoms with E-state index in [0.29, 0.717) is 5.69 Å². The van der Waals surface area contributed by atoms with Gasteiger partial charge in [0.2, 0.25) is 0 Å². The van der Waals surface area contributed by atoms with E-state index >= 15 is 0 Å². The molecule has 2 N–H and O–H groups in total. The molecule has 1 amide bonds. The van der Waals surface area contributed by atoms with Gasteiger partial charge in [0, 0.05) is 24.3 Å². The average molecular weight is 260 g/mol. The van der Waals surface area contributed by atoms with Crippen LogP contribution in [-0.2, 0) is 0 Å². The van der Waals surface area contributed by atoms with Crippen LogP contribution in [0.4, 0.5) is 5.69 Å². The van der Waals surface area contributed by atoms with Crippen molar-refractivity contribution in [3.8, 4) is 0 Å². The van der Waals surface area contributed by atoms with Crippen LogP contribution in [0.15, 0.2) is 12.1 Å². The number of aryl methyl sites for hydroxylation is 2. The first-order valence-corrected chi connectivity index (χ1v) is 7.25. The molecule has 0 spiro atoms. The lowest BCUT2D eigenvalue weighted by molar-refractivity contribution is 0.0741. The Morgan fingerprint density at radius 2 is 1.58 bits per heavy atom. The number of carbonyl (C=O) groups excluding carboxylic acids is 1. The molecule has 3 heteroatoms. The molecule has 19 heavy (non-hydrogen) atoms. The highest BCUT2D eigenvalue weighted by molar-refractivity contribution is 5.96. The zero-order chi connectivity index (χ0) is 13.8. The predicted octanol–water partition coefficient (Wildman–Crippen LogP) is 3.29. The van der Waals surface area contributed by atoms with E-state index in [0.717, 1.165) is 42.6 Å². The van der Waals surface area contributed by atoms with Gasteiger partial charge in [-0.1, -0.05) is 25.3 Å². The number of nitrogens with two attached hydrogens (primary N) is 1. The number of anilines is 1. The summed E-state index contributed by atoms with van der Waals surface area (Å²) in [5, 5.41) is 0. The van der Waals surface area contributed by atoms with Crippen LogP contribution in [0.25, 0.3) is 0 Å². The molecule has 0 radical (unpaired) electrons. The van der Waals surface area contributed by atoms with Gasteiger partial charge >= 0.3 is 0 Å². The summed E-state index contributed by atoms with van der Waals surface area (Å²) >= 11 is 0. The second kappa shape index (κ2) is 6.09. The number of carbonyl (C=O) groups is 1. The van der Waals surface area contributed by atoms with Crippen LogP contribution in [-0.4, -0.2) is 23.9 Å². The van der Waals surface area contributed by atoms with Gasteiger partial charge in [-0.25, -0.2) is 0 Å². The van der Waals surface area contributed by atoms with Gasteiger partial charge < -0.3 is 10.6 Å². The second-order valence-electron chi connectivity index (χ2n) is 5.58. The summed E-state index contributed by atoms with van der Waals surface area (Å²) < 4.78 is 0. The fraction of sp³-hybridized carbons (Fsp3) is 0.562. The van der Waals surface area contributed by atoms with E-state index in [1.54, 1.807) is 0 Å². The normalized spacial score (nSPS) is 16.8. The maximum atomic E-state index is 12.6. The Kier molecular flexibility index (Phi) is 4.46.